The van der Waals surface area contributed by atoms with Crippen LogP contribution >= 0.6 is 0 Å². The quantitative estimate of drug-likeness (QED) is 0.526. The van der Waals surface area contributed by atoms with E-state index in [0.717, 1.165) is 12.1 Å². The van der Waals surface area contributed by atoms with Gasteiger partial charge >= 0.3 is 15.5 Å². The SMILES string of the molecule is CN=C(NCc1ccccc1CN(C)C)NC1CCN(S(=O)(=O)C(F)(F)F)CC1. The fraction of sp³-hybridized carbons (Fsp3) is 0.611. The highest BCUT2D eigenvalue weighted by atomic mass is 32.2. The molecule has 0 saturated carbocycles. The summed E-state index contributed by atoms with van der Waals surface area (Å²) in [5.41, 5.74) is -2.95. The first kappa shape index (κ1) is 23.4. The number of nitrogens with zero attached hydrogens (tertiary/aromatic N) is 3. The van der Waals surface area contributed by atoms with Crippen molar-refractivity contribution < 1.29 is 21.6 Å². The first-order valence-electron chi connectivity index (χ1n) is 9.29. The maximum atomic E-state index is 12.7. The first-order valence-corrected chi connectivity index (χ1v) is 10.7. The predicted molar refractivity (Wildman–Crippen MR) is 107 cm³/mol. The van der Waals surface area contributed by atoms with Crippen LogP contribution in [0.2, 0.25) is 0 Å². The van der Waals surface area contributed by atoms with Crippen LogP contribution in [-0.2, 0) is 23.1 Å². The molecule has 0 aromatic heterocycles. The molecule has 0 radical (unpaired) electrons. The highest BCUT2D eigenvalue weighted by molar-refractivity contribution is 7.90. The lowest BCUT2D eigenvalue weighted by Crippen LogP contribution is -2.51. The zero-order valence-corrected chi connectivity index (χ0v) is 17.6. The molecule has 1 fully saturated rings. The van der Waals surface area contributed by atoms with E-state index in [4.69, 9.17) is 0 Å². The summed E-state index contributed by atoms with van der Waals surface area (Å²) in [7, 11) is 0.345. The van der Waals surface area contributed by atoms with Crippen molar-refractivity contribution in [3.05, 3.63) is 35.4 Å². The van der Waals surface area contributed by atoms with Crippen LogP contribution in [0, 0.1) is 0 Å². The van der Waals surface area contributed by atoms with E-state index in [1.54, 1.807) is 7.05 Å². The topological polar surface area (TPSA) is 77.0 Å². The Kier molecular flexibility index (Phi) is 7.89. The van der Waals surface area contributed by atoms with Crippen molar-refractivity contribution in [2.24, 2.45) is 4.99 Å². The van der Waals surface area contributed by atoms with Gasteiger partial charge in [-0.3, -0.25) is 4.99 Å². The molecule has 7 nitrogen and oxygen atoms in total. The zero-order valence-electron chi connectivity index (χ0n) is 16.8. The molecule has 0 amide bonds. The smallest absolute Gasteiger partial charge is 0.354 e. The molecule has 1 aliphatic heterocycles. The Morgan fingerprint density at radius 2 is 1.79 bits per heavy atom. The van der Waals surface area contributed by atoms with Gasteiger partial charge in [0.1, 0.15) is 0 Å². The number of hydrogen-bond donors (Lipinski definition) is 2. The molecule has 11 heteroatoms. The molecule has 2 rings (SSSR count). The number of aliphatic imine (C=N–C) groups is 1. The Labute approximate surface area is 170 Å². The summed E-state index contributed by atoms with van der Waals surface area (Å²) < 4.78 is 61.5. The molecule has 1 aromatic carbocycles. The third kappa shape index (κ3) is 6.31. The predicted octanol–water partition coefficient (Wildman–Crippen LogP) is 1.73. The van der Waals surface area contributed by atoms with Crippen molar-refractivity contribution in [3.8, 4) is 0 Å². The molecule has 0 spiro atoms. The number of hydrogen-bond acceptors (Lipinski definition) is 4. The number of nitrogens with one attached hydrogen (secondary N) is 2. The average Bonchev–Trinajstić information content (AvgIpc) is 2.65. The third-order valence-corrected chi connectivity index (χ3v) is 6.33. The standard InChI is InChI=1S/C18H28F3N5O2S/c1-22-17(23-12-14-6-4-5-7-15(14)13-25(2)3)24-16-8-10-26(11-9-16)29(27,28)18(19,20)21/h4-7,16H,8-13H2,1-3H3,(H2,22,23,24). The second kappa shape index (κ2) is 9.77. The zero-order chi connectivity index (χ0) is 21.7. The highest BCUT2D eigenvalue weighted by Crippen LogP contribution is 2.28. The van der Waals surface area contributed by atoms with Crippen molar-refractivity contribution in [2.45, 2.75) is 37.5 Å². The van der Waals surface area contributed by atoms with E-state index >= 15 is 0 Å². The molecule has 0 bridgehead atoms. The van der Waals surface area contributed by atoms with Crippen LogP contribution in [0.4, 0.5) is 13.2 Å². The number of rotatable bonds is 6. The van der Waals surface area contributed by atoms with Crippen LogP contribution < -0.4 is 10.6 Å². The van der Waals surface area contributed by atoms with Gasteiger partial charge in [-0.2, -0.15) is 17.5 Å². The Bertz CT molecular complexity index is 804. The van der Waals surface area contributed by atoms with Gasteiger partial charge in [0.2, 0.25) is 0 Å². The van der Waals surface area contributed by atoms with Gasteiger partial charge in [0.15, 0.2) is 5.96 Å². The van der Waals surface area contributed by atoms with Crippen molar-refractivity contribution >= 4 is 16.0 Å². The molecular weight excluding hydrogens is 407 g/mol. The van der Waals surface area contributed by atoms with E-state index in [1.807, 2.05) is 32.3 Å². The Morgan fingerprint density at radius 1 is 1.21 bits per heavy atom. The molecule has 0 unspecified atom stereocenters. The second-order valence-electron chi connectivity index (χ2n) is 7.20. The molecule has 1 heterocycles. The van der Waals surface area contributed by atoms with Gasteiger partial charge in [0.25, 0.3) is 0 Å². The normalized spacial score (nSPS) is 17.6. The molecule has 1 aromatic rings. The van der Waals surface area contributed by atoms with Gasteiger partial charge in [-0.25, -0.2) is 8.42 Å². The lowest BCUT2D eigenvalue weighted by molar-refractivity contribution is -0.0494. The van der Waals surface area contributed by atoms with Gasteiger partial charge in [0.05, 0.1) is 0 Å². The van der Waals surface area contributed by atoms with E-state index in [9.17, 15) is 21.6 Å². The molecule has 1 aliphatic rings. The van der Waals surface area contributed by atoms with Gasteiger partial charge in [-0.05, 0) is 38.1 Å². The van der Waals surface area contributed by atoms with E-state index in [0.29, 0.717) is 16.8 Å². The van der Waals surface area contributed by atoms with Crippen LogP contribution in [0.5, 0.6) is 0 Å². The summed E-state index contributed by atoms with van der Waals surface area (Å²) in [6.45, 7) is 0.991. The van der Waals surface area contributed by atoms with E-state index in [-0.39, 0.29) is 32.0 Å². The fourth-order valence-corrected chi connectivity index (χ4v) is 4.16. The molecular formula is C18H28F3N5O2S. The molecule has 164 valence electrons. The van der Waals surface area contributed by atoms with Gasteiger partial charge in [0, 0.05) is 39.3 Å². The Morgan fingerprint density at radius 3 is 2.31 bits per heavy atom. The van der Waals surface area contributed by atoms with Crippen LogP contribution in [0.1, 0.15) is 24.0 Å². The maximum Gasteiger partial charge on any atom is 0.511 e. The highest BCUT2D eigenvalue weighted by Gasteiger charge is 2.50. The van der Waals surface area contributed by atoms with Crippen molar-refractivity contribution in [1.29, 1.82) is 0 Å². The molecule has 0 atom stereocenters. The van der Waals surface area contributed by atoms with Crippen LogP contribution in [0.3, 0.4) is 0 Å². The molecule has 29 heavy (non-hydrogen) atoms. The number of sulfonamides is 1. The van der Waals surface area contributed by atoms with Crippen LogP contribution in [-0.4, -0.2) is 69.4 Å². The largest absolute Gasteiger partial charge is 0.511 e. The molecule has 1 saturated heterocycles. The van der Waals surface area contributed by atoms with E-state index in [1.165, 1.54) is 5.56 Å². The summed E-state index contributed by atoms with van der Waals surface area (Å²) in [6.07, 6.45) is 0.542. The maximum absolute atomic E-state index is 12.7. The number of benzene rings is 1. The minimum absolute atomic E-state index is 0.155. The van der Waals surface area contributed by atoms with Crippen LogP contribution in [0.15, 0.2) is 29.3 Å². The van der Waals surface area contributed by atoms with Crippen molar-refractivity contribution in [1.82, 2.24) is 19.8 Å². The van der Waals surface area contributed by atoms with Crippen molar-refractivity contribution in [2.75, 3.05) is 34.2 Å². The number of guanidine groups is 1. The summed E-state index contributed by atoms with van der Waals surface area (Å²) in [5, 5.41) is 6.39. The average molecular weight is 436 g/mol. The van der Waals surface area contributed by atoms with Crippen LogP contribution in [0.25, 0.3) is 0 Å². The lowest BCUT2D eigenvalue weighted by Gasteiger charge is -2.32. The van der Waals surface area contributed by atoms with Gasteiger partial charge in [-0.1, -0.05) is 24.3 Å². The minimum Gasteiger partial charge on any atom is -0.354 e. The third-order valence-electron chi connectivity index (χ3n) is 4.70. The summed E-state index contributed by atoms with van der Waals surface area (Å²) in [5.74, 6) is 0.529. The van der Waals surface area contributed by atoms with E-state index < -0.39 is 15.5 Å². The Balaban J connectivity index is 1.90. The molecule has 0 aliphatic carbocycles. The Hall–Kier alpha value is -1.85. The summed E-state index contributed by atoms with van der Waals surface area (Å²) in [6, 6.07) is 7.88. The number of alkyl halides is 3. The summed E-state index contributed by atoms with van der Waals surface area (Å²) in [4.78, 5) is 6.25. The second-order valence-corrected chi connectivity index (χ2v) is 9.13. The van der Waals surface area contributed by atoms with Crippen molar-refractivity contribution in [3.63, 3.8) is 0 Å². The monoisotopic (exact) mass is 435 g/mol. The lowest BCUT2D eigenvalue weighted by atomic mass is 10.1. The summed E-state index contributed by atoms with van der Waals surface area (Å²) >= 11 is 0. The fourth-order valence-electron chi connectivity index (χ4n) is 3.18. The van der Waals surface area contributed by atoms with E-state index in [2.05, 4.69) is 26.6 Å². The molecule has 2 N–H and O–H groups in total. The first-order chi connectivity index (χ1) is 13.5. The van der Waals surface area contributed by atoms with Gasteiger partial charge < -0.3 is 15.5 Å². The van der Waals surface area contributed by atoms with Gasteiger partial charge in [-0.15, -0.1) is 0 Å². The number of halogens is 3. The number of piperidine rings is 1. The minimum atomic E-state index is -5.26.